The molecule has 0 aliphatic carbocycles. The lowest BCUT2D eigenvalue weighted by atomic mass is 10.1. The normalized spacial score (nSPS) is 17.1. The maximum Gasteiger partial charge on any atom is 0.129 e. The number of benzene rings is 1. The number of nitrogens with two attached hydrogens (primary N) is 1. The molecular weight excluding hydrogens is 236 g/mol. The number of hydrogen-bond acceptors (Lipinski definition) is 4. The number of anilines is 2. The summed E-state index contributed by atoms with van der Waals surface area (Å²) < 4.78 is 0. The quantitative estimate of drug-likeness (QED) is 0.791. The van der Waals surface area contributed by atoms with E-state index in [1.807, 2.05) is 12.1 Å². The van der Waals surface area contributed by atoms with Gasteiger partial charge in [0.2, 0.25) is 0 Å². The fourth-order valence-corrected chi connectivity index (χ4v) is 2.62. The van der Waals surface area contributed by atoms with Crippen molar-refractivity contribution in [2.24, 2.45) is 0 Å². The molecule has 1 fully saturated rings. The Balaban J connectivity index is 2.03. The molecule has 1 aliphatic rings. The summed E-state index contributed by atoms with van der Waals surface area (Å²) in [6, 6.07) is 8.17. The molecule has 3 rings (SSSR count). The third-order valence-corrected chi connectivity index (χ3v) is 3.89. The Morgan fingerprint density at radius 1 is 1.16 bits per heavy atom. The fourth-order valence-electron chi connectivity index (χ4n) is 2.62. The van der Waals surface area contributed by atoms with Crippen molar-refractivity contribution in [3.63, 3.8) is 0 Å². The number of piperazine rings is 1. The van der Waals surface area contributed by atoms with Crippen LogP contribution in [0.25, 0.3) is 10.9 Å². The van der Waals surface area contributed by atoms with Crippen molar-refractivity contribution in [2.75, 3.05) is 43.9 Å². The monoisotopic (exact) mass is 256 g/mol. The molecule has 100 valence electrons. The highest BCUT2D eigenvalue weighted by atomic mass is 15.3. The standard InChI is InChI=1S/C15H20N4/c1-11-10-14(19-8-6-18(2)7-9-19)17-15-12(11)4-3-5-13(15)16/h3-5,10H,6-9,16H2,1-2H3. The van der Waals surface area contributed by atoms with Crippen molar-refractivity contribution < 1.29 is 0 Å². The lowest BCUT2D eigenvalue weighted by Gasteiger charge is -2.33. The third-order valence-electron chi connectivity index (χ3n) is 3.89. The summed E-state index contributed by atoms with van der Waals surface area (Å²) in [6.07, 6.45) is 0. The third kappa shape index (κ3) is 2.24. The summed E-state index contributed by atoms with van der Waals surface area (Å²) in [6.45, 7) is 6.36. The average molecular weight is 256 g/mol. The molecule has 4 heteroatoms. The minimum absolute atomic E-state index is 0.761. The van der Waals surface area contributed by atoms with Crippen LogP contribution in [0.4, 0.5) is 11.5 Å². The van der Waals surface area contributed by atoms with Crippen molar-refractivity contribution in [1.82, 2.24) is 9.88 Å². The molecule has 0 amide bonds. The molecule has 2 heterocycles. The first-order chi connectivity index (χ1) is 9.15. The summed E-state index contributed by atoms with van der Waals surface area (Å²) in [5.74, 6) is 1.05. The van der Waals surface area contributed by atoms with Gasteiger partial charge >= 0.3 is 0 Å². The summed E-state index contributed by atoms with van der Waals surface area (Å²) in [5, 5.41) is 1.15. The highest BCUT2D eigenvalue weighted by Crippen LogP contribution is 2.26. The predicted molar refractivity (Wildman–Crippen MR) is 80.6 cm³/mol. The van der Waals surface area contributed by atoms with Gasteiger partial charge < -0.3 is 15.5 Å². The zero-order chi connectivity index (χ0) is 13.4. The van der Waals surface area contributed by atoms with Crippen molar-refractivity contribution in [3.8, 4) is 0 Å². The van der Waals surface area contributed by atoms with Crippen LogP contribution in [0, 0.1) is 6.92 Å². The van der Waals surface area contributed by atoms with Crippen molar-refractivity contribution in [1.29, 1.82) is 0 Å². The van der Waals surface area contributed by atoms with E-state index in [2.05, 4.69) is 35.9 Å². The Hall–Kier alpha value is -1.81. The molecule has 1 aliphatic heterocycles. The maximum atomic E-state index is 6.06. The van der Waals surface area contributed by atoms with E-state index in [4.69, 9.17) is 10.7 Å². The number of likely N-dealkylation sites (N-methyl/N-ethyl adjacent to an activating group) is 1. The SMILES string of the molecule is Cc1cc(N2CCN(C)CC2)nc2c(N)cccc12. The molecule has 19 heavy (non-hydrogen) atoms. The molecule has 0 saturated carbocycles. The summed E-state index contributed by atoms with van der Waals surface area (Å²) in [4.78, 5) is 9.46. The van der Waals surface area contributed by atoms with Gasteiger partial charge in [0.25, 0.3) is 0 Å². The first-order valence-electron chi connectivity index (χ1n) is 6.74. The number of aromatic nitrogens is 1. The number of nitrogens with zero attached hydrogens (tertiary/aromatic N) is 3. The van der Waals surface area contributed by atoms with E-state index in [-0.39, 0.29) is 0 Å². The van der Waals surface area contributed by atoms with Crippen molar-refractivity contribution in [2.45, 2.75) is 6.92 Å². The highest BCUT2D eigenvalue weighted by molar-refractivity contribution is 5.92. The molecule has 0 radical (unpaired) electrons. The molecule has 4 nitrogen and oxygen atoms in total. The smallest absolute Gasteiger partial charge is 0.129 e. The summed E-state index contributed by atoms with van der Waals surface area (Å²) in [5.41, 5.74) is 8.99. The Morgan fingerprint density at radius 2 is 1.89 bits per heavy atom. The minimum atomic E-state index is 0.761. The van der Waals surface area contributed by atoms with Crippen LogP contribution in [-0.4, -0.2) is 43.1 Å². The van der Waals surface area contributed by atoms with Gasteiger partial charge in [0.15, 0.2) is 0 Å². The molecule has 2 N–H and O–H groups in total. The van der Waals surface area contributed by atoms with Crippen LogP contribution in [0.3, 0.4) is 0 Å². The van der Waals surface area contributed by atoms with Crippen molar-refractivity contribution >= 4 is 22.4 Å². The summed E-state index contributed by atoms with van der Waals surface area (Å²) >= 11 is 0. The summed E-state index contributed by atoms with van der Waals surface area (Å²) in [7, 11) is 2.16. The molecule has 1 aromatic heterocycles. The van der Waals surface area contributed by atoms with Crippen LogP contribution in [0.5, 0.6) is 0 Å². The predicted octanol–water partition coefficient (Wildman–Crippen LogP) is 1.88. The second kappa shape index (κ2) is 4.70. The van der Waals surface area contributed by atoms with Gasteiger partial charge in [0, 0.05) is 31.6 Å². The molecular formula is C15H20N4. The van der Waals surface area contributed by atoms with Gasteiger partial charge in [-0.05, 0) is 31.7 Å². The molecule has 1 saturated heterocycles. The molecule has 0 atom stereocenters. The minimum Gasteiger partial charge on any atom is -0.397 e. The van der Waals surface area contributed by atoms with Crippen LogP contribution in [0.1, 0.15) is 5.56 Å². The number of para-hydroxylation sites is 1. The van der Waals surface area contributed by atoms with Gasteiger partial charge in [-0.2, -0.15) is 0 Å². The van der Waals surface area contributed by atoms with Crippen LogP contribution >= 0.6 is 0 Å². The van der Waals surface area contributed by atoms with Crippen LogP contribution in [0.2, 0.25) is 0 Å². The lowest BCUT2D eigenvalue weighted by molar-refractivity contribution is 0.312. The fraction of sp³-hybridized carbons (Fsp3) is 0.400. The zero-order valence-electron chi connectivity index (χ0n) is 11.6. The van der Waals surface area contributed by atoms with Gasteiger partial charge in [0.05, 0.1) is 11.2 Å². The van der Waals surface area contributed by atoms with E-state index in [1.54, 1.807) is 0 Å². The maximum absolute atomic E-state index is 6.06. The number of fused-ring (bicyclic) bond motifs is 1. The van der Waals surface area contributed by atoms with E-state index in [1.165, 1.54) is 5.56 Å². The Bertz CT molecular complexity index is 600. The molecule has 0 bridgehead atoms. The van der Waals surface area contributed by atoms with Gasteiger partial charge in [0.1, 0.15) is 5.82 Å². The molecule has 2 aromatic rings. The van der Waals surface area contributed by atoms with Gasteiger partial charge in [-0.15, -0.1) is 0 Å². The number of pyridine rings is 1. The molecule has 0 spiro atoms. The van der Waals surface area contributed by atoms with Gasteiger partial charge in [-0.25, -0.2) is 4.98 Å². The van der Waals surface area contributed by atoms with E-state index in [0.717, 1.165) is 48.6 Å². The van der Waals surface area contributed by atoms with E-state index in [0.29, 0.717) is 0 Å². The zero-order valence-corrected chi connectivity index (χ0v) is 11.6. The van der Waals surface area contributed by atoms with E-state index in [9.17, 15) is 0 Å². The molecule has 0 unspecified atom stereocenters. The first kappa shape index (κ1) is 12.2. The Kier molecular flexibility index (Phi) is 3.03. The largest absolute Gasteiger partial charge is 0.397 e. The Labute approximate surface area is 113 Å². The van der Waals surface area contributed by atoms with Gasteiger partial charge in [-0.1, -0.05) is 12.1 Å². The highest BCUT2D eigenvalue weighted by Gasteiger charge is 2.16. The average Bonchev–Trinajstić information content (AvgIpc) is 2.41. The molecule has 1 aromatic carbocycles. The number of nitrogen functional groups attached to an aromatic ring is 1. The van der Waals surface area contributed by atoms with Gasteiger partial charge in [-0.3, -0.25) is 0 Å². The number of hydrogen-bond donors (Lipinski definition) is 1. The van der Waals surface area contributed by atoms with Crippen LogP contribution < -0.4 is 10.6 Å². The Morgan fingerprint density at radius 3 is 2.63 bits per heavy atom. The topological polar surface area (TPSA) is 45.4 Å². The van der Waals surface area contributed by atoms with E-state index < -0.39 is 0 Å². The van der Waals surface area contributed by atoms with Crippen LogP contribution in [0.15, 0.2) is 24.3 Å². The van der Waals surface area contributed by atoms with Crippen molar-refractivity contribution in [3.05, 3.63) is 29.8 Å². The van der Waals surface area contributed by atoms with Crippen LogP contribution in [-0.2, 0) is 0 Å². The first-order valence-corrected chi connectivity index (χ1v) is 6.74. The number of aryl methyl sites for hydroxylation is 1. The van der Waals surface area contributed by atoms with E-state index >= 15 is 0 Å². The second-order valence-electron chi connectivity index (χ2n) is 5.33. The number of rotatable bonds is 1. The lowest BCUT2D eigenvalue weighted by Crippen LogP contribution is -2.44. The second-order valence-corrected chi connectivity index (χ2v) is 5.33.